The van der Waals surface area contributed by atoms with E-state index in [0.717, 1.165) is 11.8 Å². The summed E-state index contributed by atoms with van der Waals surface area (Å²) in [6.07, 6.45) is 1.90. The lowest BCUT2D eigenvalue weighted by Gasteiger charge is -2.40. The van der Waals surface area contributed by atoms with Crippen molar-refractivity contribution in [2.45, 2.75) is 35.3 Å². The first kappa shape index (κ1) is 31.2. The van der Waals surface area contributed by atoms with Crippen molar-refractivity contribution in [2.75, 3.05) is 12.5 Å². The number of thioether (sulfide) groups is 1. The number of pyridine rings is 1. The molecule has 2 fully saturated rings. The van der Waals surface area contributed by atoms with Crippen LogP contribution in [0, 0.1) is 0 Å². The van der Waals surface area contributed by atoms with Crippen molar-refractivity contribution in [3.05, 3.63) is 120 Å². The fourth-order valence-corrected chi connectivity index (χ4v) is 7.14. The van der Waals surface area contributed by atoms with E-state index >= 15 is 0 Å². The van der Waals surface area contributed by atoms with Crippen LogP contribution in [0.5, 0.6) is 0 Å². The molecule has 0 radical (unpaired) electrons. The predicted octanol–water partition coefficient (Wildman–Crippen LogP) is 4.35. The molecule has 5 rings (SSSR count). The minimum atomic E-state index is -1.67. The van der Waals surface area contributed by atoms with E-state index in [1.807, 2.05) is 60.7 Å². The van der Waals surface area contributed by atoms with Crippen molar-refractivity contribution in [3.8, 4) is 0 Å². The molecule has 2 aromatic carbocycles. The van der Waals surface area contributed by atoms with Gasteiger partial charge in [0.1, 0.15) is 24.1 Å². The maximum absolute atomic E-state index is 14.1. The molecule has 0 aliphatic carbocycles. The molecule has 44 heavy (non-hydrogen) atoms. The molecule has 2 saturated heterocycles. The van der Waals surface area contributed by atoms with E-state index in [0.29, 0.717) is 16.8 Å². The smallest absolute Gasteiger partial charge is 0.338 e. The number of carbonyl (C=O) groups is 4. The minimum Gasteiger partial charge on any atom is -0.458 e. The second-order valence-electron chi connectivity index (χ2n) is 10.4. The number of hydrogen-bond acceptors (Lipinski definition) is 9. The van der Waals surface area contributed by atoms with Gasteiger partial charge in [0.05, 0.1) is 27.5 Å². The quantitative estimate of drug-likeness (QED) is 0.108. The summed E-state index contributed by atoms with van der Waals surface area (Å²) in [4.78, 5) is 58.2. The van der Waals surface area contributed by atoms with E-state index < -0.39 is 57.9 Å². The first-order valence-electron chi connectivity index (χ1n) is 13.7. The third kappa shape index (κ3) is 5.93. The Balaban J connectivity index is 1.48. The predicted molar refractivity (Wildman–Crippen MR) is 166 cm³/mol. The fourth-order valence-electron chi connectivity index (χ4n) is 5.28. The molecule has 0 bridgehead atoms. The van der Waals surface area contributed by atoms with Crippen molar-refractivity contribution in [3.63, 3.8) is 0 Å². The largest absolute Gasteiger partial charge is 0.458 e. The van der Waals surface area contributed by atoms with Gasteiger partial charge in [0.2, 0.25) is 0 Å². The number of ether oxygens (including phenoxy) is 2. The molecule has 3 aromatic rings. The molecule has 1 aromatic heterocycles. The highest BCUT2D eigenvalue weighted by Crippen LogP contribution is 2.55. The second-order valence-corrected chi connectivity index (χ2v) is 12.2. The number of alkyl halides is 1. The van der Waals surface area contributed by atoms with Gasteiger partial charge >= 0.3 is 11.9 Å². The SMILES string of the molecule is C=CCOC(=O)c1ccnc(/C=C2/C(=O)N3C2S[C@@](C)(C(O)C(=O)CCl)[C@@H]3C(=O)OC(c2ccccc2)c2ccccc2)c1. The Kier molecular flexibility index (Phi) is 9.33. The van der Waals surface area contributed by atoms with E-state index in [1.54, 1.807) is 6.92 Å². The number of esters is 2. The minimum absolute atomic E-state index is 0.0402. The van der Waals surface area contributed by atoms with Gasteiger partial charge in [-0.3, -0.25) is 14.6 Å². The molecule has 0 saturated carbocycles. The van der Waals surface area contributed by atoms with Crippen LogP contribution in [0.1, 0.15) is 40.2 Å². The highest BCUT2D eigenvalue weighted by Gasteiger charge is 2.66. The van der Waals surface area contributed by atoms with Crippen LogP contribution in [0.4, 0.5) is 0 Å². The fraction of sp³-hybridized carbons (Fsp3) is 0.242. The van der Waals surface area contributed by atoms with Gasteiger partial charge in [-0.1, -0.05) is 73.3 Å². The molecule has 1 amide bonds. The third-order valence-electron chi connectivity index (χ3n) is 7.48. The van der Waals surface area contributed by atoms with Crippen LogP contribution in [0.2, 0.25) is 0 Å². The van der Waals surface area contributed by atoms with Gasteiger partial charge in [-0.05, 0) is 36.3 Å². The lowest BCUT2D eigenvalue weighted by atomic mass is 9.88. The molecule has 2 aliphatic heterocycles. The summed E-state index contributed by atoms with van der Waals surface area (Å²) >= 11 is 6.90. The number of aliphatic hydroxyl groups excluding tert-OH is 1. The van der Waals surface area contributed by atoms with Crippen molar-refractivity contribution in [1.82, 2.24) is 9.88 Å². The average molecular weight is 633 g/mol. The Morgan fingerprint density at radius 1 is 1.11 bits per heavy atom. The summed E-state index contributed by atoms with van der Waals surface area (Å²) in [6.45, 7) is 5.12. The Hall–Kier alpha value is -4.25. The van der Waals surface area contributed by atoms with Gasteiger partial charge in [-0.2, -0.15) is 0 Å². The number of hydrogen-bond donors (Lipinski definition) is 1. The summed E-state index contributed by atoms with van der Waals surface area (Å²) in [6, 6.07) is 19.9. The Labute approximate surface area is 263 Å². The third-order valence-corrected chi connectivity index (χ3v) is 9.40. The molecule has 9 nitrogen and oxygen atoms in total. The van der Waals surface area contributed by atoms with Crippen LogP contribution in [-0.2, 0) is 23.9 Å². The van der Waals surface area contributed by atoms with Gasteiger partial charge < -0.3 is 19.5 Å². The number of benzene rings is 2. The van der Waals surface area contributed by atoms with Gasteiger partial charge in [0.15, 0.2) is 11.9 Å². The molecule has 2 unspecified atom stereocenters. The van der Waals surface area contributed by atoms with Crippen LogP contribution < -0.4 is 0 Å². The number of fused-ring (bicyclic) bond motifs is 1. The number of rotatable bonds is 11. The number of amides is 1. The number of β-lactam (4-membered cyclic amide) rings is 1. The molecule has 11 heteroatoms. The summed E-state index contributed by atoms with van der Waals surface area (Å²) in [5, 5.41) is 10.5. The number of carbonyl (C=O) groups excluding carboxylic acids is 4. The maximum atomic E-state index is 14.1. The number of aliphatic hydroxyl groups is 1. The van der Waals surface area contributed by atoms with Crippen LogP contribution in [0.25, 0.3) is 6.08 Å². The summed E-state index contributed by atoms with van der Waals surface area (Å²) in [7, 11) is 0. The first-order chi connectivity index (χ1) is 21.2. The molecular weight excluding hydrogens is 604 g/mol. The van der Waals surface area contributed by atoms with E-state index in [2.05, 4.69) is 11.6 Å². The van der Waals surface area contributed by atoms with Gasteiger partial charge in [0.25, 0.3) is 5.91 Å². The number of halogens is 1. The van der Waals surface area contributed by atoms with E-state index in [1.165, 1.54) is 35.4 Å². The summed E-state index contributed by atoms with van der Waals surface area (Å²) in [5.41, 5.74) is 2.26. The summed E-state index contributed by atoms with van der Waals surface area (Å²) < 4.78 is 9.70. The standard InChI is InChI=1S/C33H29ClN2O7S/c1-3-16-42-31(40)22-14-15-35-23(17-22)18-24-29(39)36-27(33(2,44-30(24)36)28(38)25(37)19-34)32(41)43-26(20-10-6-4-7-11-20)21-12-8-5-9-13-21/h3-15,17-18,26-28,30,38H,1,16,19H2,2H3/b24-18-/t27-,28?,30?,33+/m0/s1. The van der Waals surface area contributed by atoms with Crippen LogP contribution >= 0.6 is 23.4 Å². The van der Waals surface area contributed by atoms with Crippen LogP contribution in [0.15, 0.2) is 97.2 Å². The lowest BCUT2D eigenvalue weighted by molar-refractivity contribution is -0.162. The van der Waals surface area contributed by atoms with E-state index in [-0.39, 0.29) is 17.7 Å². The number of Topliss-reactive ketones (excluding diaryl/α,β-unsaturated/α-hetero) is 1. The molecule has 4 atom stereocenters. The first-order valence-corrected chi connectivity index (χ1v) is 15.1. The maximum Gasteiger partial charge on any atom is 0.338 e. The Morgan fingerprint density at radius 3 is 2.34 bits per heavy atom. The number of aromatic nitrogens is 1. The second kappa shape index (κ2) is 13.2. The van der Waals surface area contributed by atoms with E-state index in [4.69, 9.17) is 21.1 Å². The van der Waals surface area contributed by atoms with E-state index in [9.17, 15) is 24.3 Å². The van der Waals surface area contributed by atoms with Gasteiger partial charge in [-0.15, -0.1) is 23.4 Å². The van der Waals surface area contributed by atoms with Gasteiger partial charge in [0, 0.05) is 6.20 Å². The van der Waals surface area contributed by atoms with Crippen LogP contribution in [0.3, 0.4) is 0 Å². The zero-order valence-corrected chi connectivity index (χ0v) is 25.2. The molecule has 0 spiro atoms. The Morgan fingerprint density at radius 2 is 1.75 bits per heavy atom. The topological polar surface area (TPSA) is 123 Å². The highest BCUT2D eigenvalue weighted by atomic mass is 35.5. The van der Waals surface area contributed by atoms with Crippen molar-refractivity contribution in [2.24, 2.45) is 0 Å². The average Bonchev–Trinajstić information content (AvgIpc) is 3.35. The van der Waals surface area contributed by atoms with Crippen molar-refractivity contribution < 1.29 is 33.8 Å². The molecule has 226 valence electrons. The number of ketones is 1. The monoisotopic (exact) mass is 632 g/mol. The molecule has 2 aliphatic rings. The Bertz CT molecular complexity index is 1580. The highest BCUT2D eigenvalue weighted by molar-refractivity contribution is 8.02. The summed E-state index contributed by atoms with van der Waals surface area (Å²) in [5.74, 6) is -3.01. The molecule has 1 N–H and O–H groups in total. The van der Waals surface area contributed by atoms with Crippen molar-refractivity contribution >= 4 is 53.1 Å². The normalized spacial score (nSPS) is 22.2. The lowest BCUT2D eigenvalue weighted by Crippen LogP contribution is -2.62. The molecule has 3 heterocycles. The zero-order chi connectivity index (χ0) is 31.4. The van der Waals surface area contributed by atoms with Crippen LogP contribution in [-0.4, -0.2) is 73.4 Å². The zero-order valence-electron chi connectivity index (χ0n) is 23.7. The number of nitrogens with zero attached hydrogens (tertiary/aromatic N) is 2. The van der Waals surface area contributed by atoms with Crippen molar-refractivity contribution in [1.29, 1.82) is 0 Å². The van der Waals surface area contributed by atoms with Gasteiger partial charge in [-0.25, -0.2) is 9.59 Å². The molecular formula is C33H29ClN2O7S.